The molecule has 0 bridgehead atoms. The molecule has 1 heterocycles. The van der Waals surface area contributed by atoms with Gasteiger partial charge in [0, 0.05) is 20.9 Å². The minimum atomic E-state index is -1.27. The number of halogens is 1. The number of hydrogen-bond donors (Lipinski definition) is 2. The van der Waals surface area contributed by atoms with Crippen LogP contribution in [0.5, 0.6) is 5.75 Å². The summed E-state index contributed by atoms with van der Waals surface area (Å²) >= 11 is 7.37. The molecule has 1 atom stereocenters. The summed E-state index contributed by atoms with van der Waals surface area (Å²) in [5.74, 6) is -0.155. The minimum absolute atomic E-state index is 0.201. The van der Waals surface area contributed by atoms with Gasteiger partial charge in [0.15, 0.2) is 0 Å². The summed E-state index contributed by atoms with van der Waals surface area (Å²) < 4.78 is 10.2. The zero-order valence-electron chi connectivity index (χ0n) is 18.5. The first-order chi connectivity index (χ1) is 17.0. The number of aromatic nitrogens is 4. The largest absolute Gasteiger partial charge is 0.463 e. The number of ether oxygens (including phenoxy) is 2. The van der Waals surface area contributed by atoms with Crippen molar-refractivity contribution in [2.75, 3.05) is 11.9 Å². The molecule has 1 unspecified atom stereocenters. The number of benzene rings is 3. The molecule has 35 heavy (non-hydrogen) atoms. The number of nitrogens with one attached hydrogen (secondary N) is 2. The van der Waals surface area contributed by atoms with E-state index in [4.69, 9.17) is 21.1 Å². The van der Waals surface area contributed by atoms with Gasteiger partial charge in [0.05, 0.1) is 12.3 Å². The van der Waals surface area contributed by atoms with E-state index in [0.29, 0.717) is 22.8 Å². The van der Waals surface area contributed by atoms with E-state index in [1.807, 2.05) is 48.5 Å². The second kappa shape index (κ2) is 11.5. The lowest BCUT2D eigenvalue weighted by Gasteiger charge is -2.13. The molecule has 1 amide bonds. The quantitative estimate of drug-likeness (QED) is 0.244. The molecular formula is C24H20ClN5O4S. The number of tetrazole rings is 1. The molecule has 0 saturated heterocycles. The molecule has 11 heteroatoms. The molecule has 3 aromatic carbocycles. The van der Waals surface area contributed by atoms with E-state index in [1.54, 1.807) is 31.2 Å². The Morgan fingerprint density at radius 3 is 2.46 bits per heavy atom. The number of H-pyrrole nitrogens is 1. The molecule has 178 valence electrons. The highest BCUT2D eigenvalue weighted by Gasteiger charge is 2.19. The van der Waals surface area contributed by atoms with Crippen molar-refractivity contribution in [1.82, 2.24) is 20.6 Å². The minimum Gasteiger partial charge on any atom is -0.463 e. The normalized spacial score (nSPS) is 11.5. The van der Waals surface area contributed by atoms with Crippen molar-refractivity contribution in [3.8, 4) is 17.1 Å². The summed E-state index contributed by atoms with van der Waals surface area (Å²) in [5, 5.41) is 17.2. The molecule has 0 fully saturated rings. The zero-order chi connectivity index (χ0) is 24.6. The van der Waals surface area contributed by atoms with Crippen molar-refractivity contribution in [1.29, 1.82) is 0 Å². The van der Waals surface area contributed by atoms with Crippen molar-refractivity contribution in [3.63, 3.8) is 0 Å². The Labute approximate surface area is 210 Å². The summed E-state index contributed by atoms with van der Waals surface area (Å²) in [4.78, 5) is 26.3. The van der Waals surface area contributed by atoms with Gasteiger partial charge in [-0.15, -0.1) is 10.2 Å². The van der Waals surface area contributed by atoms with Gasteiger partial charge < -0.3 is 14.8 Å². The number of para-hydroxylation sites is 1. The number of amides is 1. The van der Waals surface area contributed by atoms with Gasteiger partial charge in [-0.2, -0.15) is 5.21 Å². The fraction of sp³-hybridized carbons (Fsp3) is 0.125. The van der Waals surface area contributed by atoms with E-state index in [-0.39, 0.29) is 12.5 Å². The van der Waals surface area contributed by atoms with Crippen LogP contribution in [0.15, 0.2) is 82.6 Å². The van der Waals surface area contributed by atoms with Crippen LogP contribution in [0.3, 0.4) is 0 Å². The topological polar surface area (TPSA) is 119 Å². The Bertz CT molecular complexity index is 1300. The summed E-state index contributed by atoms with van der Waals surface area (Å²) in [6.07, 6.45) is 0. The van der Waals surface area contributed by atoms with Gasteiger partial charge in [0.25, 0.3) is 11.5 Å². The average Bonchev–Trinajstić information content (AvgIpc) is 3.41. The van der Waals surface area contributed by atoms with E-state index < -0.39 is 11.5 Å². The van der Waals surface area contributed by atoms with E-state index in [2.05, 4.69) is 25.9 Å². The maximum absolute atomic E-state index is 12.9. The summed E-state index contributed by atoms with van der Waals surface area (Å²) in [6, 6.07) is 21.5. The lowest BCUT2D eigenvalue weighted by atomic mass is 10.2. The number of esters is 1. The molecular weight excluding hydrogens is 490 g/mol. The summed E-state index contributed by atoms with van der Waals surface area (Å²) in [6.45, 7) is 1.88. The molecule has 0 aliphatic rings. The van der Waals surface area contributed by atoms with Crippen LogP contribution >= 0.6 is 23.4 Å². The number of hydrogen-bond acceptors (Lipinski definition) is 8. The number of carbonyl (C=O) groups is 2. The van der Waals surface area contributed by atoms with E-state index in [1.165, 1.54) is 11.8 Å². The molecule has 1 aromatic heterocycles. The van der Waals surface area contributed by atoms with Crippen LogP contribution in [0.25, 0.3) is 11.4 Å². The highest BCUT2D eigenvalue weighted by molar-refractivity contribution is 7.99. The van der Waals surface area contributed by atoms with Gasteiger partial charge in [-0.25, -0.2) is 4.79 Å². The second-order valence-corrected chi connectivity index (χ2v) is 8.47. The van der Waals surface area contributed by atoms with Crippen LogP contribution in [0.1, 0.15) is 17.3 Å². The Morgan fingerprint density at radius 2 is 1.74 bits per heavy atom. The van der Waals surface area contributed by atoms with Crippen LogP contribution in [-0.2, 0) is 9.53 Å². The van der Waals surface area contributed by atoms with Crippen LogP contribution in [0.4, 0.5) is 5.69 Å². The van der Waals surface area contributed by atoms with Crippen molar-refractivity contribution in [3.05, 3.63) is 78.4 Å². The van der Waals surface area contributed by atoms with E-state index in [9.17, 15) is 9.59 Å². The predicted octanol–water partition coefficient (Wildman–Crippen LogP) is 4.78. The first kappa shape index (κ1) is 24.2. The van der Waals surface area contributed by atoms with Crippen LogP contribution in [0.2, 0.25) is 0 Å². The number of aromatic amines is 1. The fourth-order valence-electron chi connectivity index (χ4n) is 3.05. The molecule has 4 rings (SSSR count). The van der Waals surface area contributed by atoms with Gasteiger partial charge in [-0.1, -0.05) is 47.6 Å². The monoisotopic (exact) mass is 509 g/mol. The van der Waals surface area contributed by atoms with Crippen molar-refractivity contribution in [2.24, 2.45) is 0 Å². The second-order valence-electron chi connectivity index (χ2n) is 6.99. The van der Waals surface area contributed by atoms with Crippen LogP contribution in [-0.4, -0.2) is 44.7 Å². The van der Waals surface area contributed by atoms with Crippen molar-refractivity contribution < 1.29 is 19.1 Å². The van der Waals surface area contributed by atoms with Crippen LogP contribution < -0.4 is 10.1 Å². The number of anilines is 1. The van der Waals surface area contributed by atoms with E-state index in [0.717, 1.165) is 15.4 Å². The van der Waals surface area contributed by atoms with E-state index >= 15 is 0 Å². The van der Waals surface area contributed by atoms with Gasteiger partial charge in [0.2, 0.25) is 5.82 Å². The Morgan fingerprint density at radius 1 is 1.03 bits per heavy atom. The lowest BCUT2D eigenvalue weighted by Crippen LogP contribution is -2.23. The third-order valence-corrected chi connectivity index (χ3v) is 6.08. The average molecular weight is 510 g/mol. The summed E-state index contributed by atoms with van der Waals surface area (Å²) in [7, 11) is 0. The zero-order valence-corrected chi connectivity index (χ0v) is 20.0. The molecule has 0 spiro atoms. The highest BCUT2D eigenvalue weighted by Crippen LogP contribution is 2.38. The molecule has 0 radical (unpaired) electrons. The maximum atomic E-state index is 12.9. The number of nitrogens with zero attached hydrogens (tertiary/aromatic N) is 3. The third kappa shape index (κ3) is 6.17. The Balaban J connectivity index is 1.47. The Hall–Kier alpha value is -3.89. The molecule has 9 nitrogen and oxygen atoms in total. The maximum Gasteiger partial charge on any atom is 0.363 e. The standard InChI is InChI=1S/C24H20ClN5O4S/c1-2-33-24(32)21(25)34-16-13-11-15(12-14-16)23(31)26-18-8-4-6-10-20(18)35-19-9-5-3-7-17(19)22-27-29-30-28-22/h3-14,21H,2H2,1H3,(H,26,31)(H,27,28,29,30). The van der Waals surface area contributed by atoms with Gasteiger partial charge >= 0.3 is 5.97 Å². The Kier molecular flexibility index (Phi) is 7.96. The lowest BCUT2D eigenvalue weighted by molar-refractivity contribution is -0.147. The fourth-order valence-corrected chi connectivity index (χ4v) is 4.24. The van der Waals surface area contributed by atoms with Gasteiger partial charge in [-0.3, -0.25) is 4.79 Å². The molecule has 2 N–H and O–H groups in total. The smallest absolute Gasteiger partial charge is 0.363 e. The first-order valence-electron chi connectivity index (χ1n) is 10.5. The SMILES string of the molecule is CCOC(=O)C(Cl)Oc1ccc(C(=O)Nc2ccccc2Sc2ccccc2-c2nn[nH]n2)cc1. The first-order valence-corrected chi connectivity index (χ1v) is 11.8. The van der Waals surface area contributed by atoms with Gasteiger partial charge in [0.1, 0.15) is 5.75 Å². The van der Waals surface area contributed by atoms with Gasteiger partial charge in [-0.05, 0) is 60.7 Å². The molecule has 4 aromatic rings. The number of carbonyl (C=O) groups excluding carboxylic acids is 2. The predicted molar refractivity (Wildman–Crippen MR) is 131 cm³/mol. The van der Waals surface area contributed by atoms with Crippen LogP contribution in [0, 0.1) is 0 Å². The van der Waals surface area contributed by atoms with Crippen molar-refractivity contribution >= 4 is 40.9 Å². The molecule has 0 saturated carbocycles. The molecule has 0 aliphatic carbocycles. The highest BCUT2D eigenvalue weighted by atomic mass is 35.5. The number of rotatable bonds is 9. The number of alkyl halides is 1. The third-order valence-electron chi connectivity index (χ3n) is 4.66. The summed E-state index contributed by atoms with van der Waals surface area (Å²) in [5.41, 5.74) is 0.609. The van der Waals surface area contributed by atoms with Crippen molar-refractivity contribution in [2.45, 2.75) is 22.3 Å². The molecule has 0 aliphatic heterocycles.